The highest BCUT2D eigenvalue weighted by Crippen LogP contribution is 2.29. The van der Waals surface area contributed by atoms with Crippen LogP contribution in [0.1, 0.15) is 26.3 Å². The van der Waals surface area contributed by atoms with Gasteiger partial charge < -0.3 is 24.0 Å². The molecule has 0 aliphatic carbocycles. The van der Waals surface area contributed by atoms with Gasteiger partial charge in [-0.05, 0) is 22.6 Å². The molecule has 0 saturated heterocycles. The van der Waals surface area contributed by atoms with Gasteiger partial charge in [-0.1, -0.05) is 63.2 Å². The van der Waals surface area contributed by atoms with Crippen LogP contribution in [0.25, 0.3) is 21.9 Å². The summed E-state index contributed by atoms with van der Waals surface area (Å²) in [5.41, 5.74) is 4.13. The van der Waals surface area contributed by atoms with Crippen LogP contribution in [0.15, 0.2) is 60.9 Å². The number of aryl methyl sites for hydroxylation is 1. The monoisotopic (exact) mass is 403 g/mol. The Labute approximate surface area is 150 Å². The molecular formula is C20H22IN. The van der Waals surface area contributed by atoms with Gasteiger partial charge in [-0.2, -0.15) is 0 Å². The number of hydrogen-bond donors (Lipinski definition) is 0. The number of halogens is 1. The van der Waals surface area contributed by atoms with Gasteiger partial charge >= 0.3 is 0 Å². The van der Waals surface area contributed by atoms with Crippen LogP contribution in [0, 0.1) is 0 Å². The number of fused-ring (bicyclic) bond motifs is 1. The summed E-state index contributed by atoms with van der Waals surface area (Å²) in [7, 11) is 2.08. The standard InChI is InChI=1S/C20H22N.HI/c1-20(2,3)17-11-9-15(10-12-17)19-14-21(4)13-16-7-5-6-8-18(16)19;/h5-14H,1-4H3;1H/q+1;/p-1. The zero-order valence-corrected chi connectivity index (χ0v) is 15.8. The average Bonchev–Trinajstić information content (AvgIpc) is 2.45. The first-order chi connectivity index (χ1) is 9.95. The number of hydrogen-bond acceptors (Lipinski definition) is 0. The maximum absolute atomic E-state index is 2.25. The highest BCUT2D eigenvalue weighted by atomic mass is 127. The molecule has 0 unspecified atom stereocenters. The van der Waals surface area contributed by atoms with Crippen molar-refractivity contribution in [3.05, 3.63) is 66.5 Å². The molecule has 3 aromatic rings. The van der Waals surface area contributed by atoms with Crippen LogP contribution in [0.3, 0.4) is 0 Å². The molecule has 0 fully saturated rings. The van der Waals surface area contributed by atoms with Crippen molar-refractivity contribution in [3.8, 4) is 11.1 Å². The normalized spacial score (nSPS) is 11.3. The van der Waals surface area contributed by atoms with E-state index in [2.05, 4.69) is 93.3 Å². The van der Waals surface area contributed by atoms with Crippen molar-refractivity contribution >= 4 is 10.8 Å². The second kappa shape index (κ2) is 6.37. The Hall–Kier alpha value is -1.42. The van der Waals surface area contributed by atoms with E-state index in [-0.39, 0.29) is 29.4 Å². The summed E-state index contributed by atoms with van der Waals surface area (Å²) in [5, 5.41) is 2.58. The van der Waals surface area contributed by atoms with Crippen LogP contribution in [-0.2, 0) is 12.5 Å². The Morgan fingerprint density at radius 2 is 1.45 bits per heavy atom. The molecule has 2 heteroatoms. The Bertz CT molecular complexity index is 783. The summed E-state index contributed by atoms with van der Waals surface area (Å²) in [6.07, 6.45) is 4.37. The smallest absolute Gasteiger partial charge is 0.177 e. The third-order valence-electron chi connectivity index (χ3n) is 3.99. The lowest BCUT2D eigenvalue weighted by Gasteiger charge is -2.19. The number of nitrogens with zero attached hydrogens (tertiary/aromatic N) is 1. The van der Waals surface area contributed by atoms with Crippen LogP contribution in [0.4, 0.5) is 0 Å². The molecule has 0 aliphatic heterocycles. The topological polar surface area (TPSA) is 3.88 Å². The van der Waals surface area contributed by atoms with E-state index in [0.717, 1.165) is 0 Å². The Balaban J connectivity index is 0.00000176. The minimum atomic E-state index is 0. The molecule has 22 heavy (non-hydrogen) atoms. The maximum atomic E-state index is 2.25. The van der Waals surface area contributed by atoms with Crippen LogP contribution in [-0.4, -0.2) is 0 Å². The predicted molar refractivity (Wildman–Crippen MR) is 89.3 cm³/mol. The number of pyridine rings is 1. The zero-order chi connectivity index (χ0) is 15.0. The highest BCUT2D eigenvalue weighted by molar-refractivity contribution is 5.95. The molecule has 1 heterocycles. The fourth-order valence-electron chi connectivity index (χ4n) is 2.76. The average molecular weight is 403 g/mol. The quantitative estimate of drug-likeness (QED) is 0.430. The van der Waals surface area contributed by atoms with Crippen LogP contribution in [0.2, 0.25) is 0 Å². The van der Waals surface area contributed by atoms with Crippen LogP contribution < -0.4 is 28.5 Å². The molecule has 2 aromatic carbocycles. The van der Waals surface area contributed by atoms with Gasteiger partial charge in [-0.3, -0.25) is 0 Å². The Morgan fingerprint density at radius 1 is 0.818 bits per heavy atom. The summed E-state index contributed by atoms with van der Waals surface area (Å²) in [6, 6.07) is 17.5. The van der Waals surface area contributed by atoms with Gasteiger partial charge in [-0.25, -0.2) is 4.57 Å². The third kappa shape index (κ3) is 3.32. The van der Waals surface area contributed by atoms with Gasteiger partial charge in [0.1, 0.15) is 7.05 Å². The Kier molecular flexibility index (Phi) is 4.90. The van der Waals surface area contributed by atoms with E-state index in [1.807, 2.05) is 0 Å². The van der Waals surface area contributed by atoms with Gasteiger partial charge in [0.2, 0.25) is 0 Å². The van der Waals surface area contributed by atoms with Crippen LogP contribution in [0.5, 0.6) is 0 Å². The van der Waals surface area contributed by atoms with Crippen molar-refractivity contribution in [2.45, 2.75) is 26.2 Å². The van der Waals surface area contributed by atoms with E-state index in [4.69, 9.17) is 0 Å². The van der Waals surface area contributed by atoms with Crippen molar-refractivity contribution in [1.29, 1.82) is 0 Å². The summed E-state index contributed by atoms with van der Waals surface area (Å²) in [4.78, 5) is 0. The third-order valence-corrected chi connectivity index (χ3v) is 3.99. The molecule has 0 bridgehead atoms. The molecule has 1 aromatic heterocycles. The Morgan fingerprint density at radius 3 is 2.09 bits per heavy atom. The molecule has 114 valence electrons. The second-order valence-electron chi connectivity index (χ2n) is 6.75. The highest BCUT2D eigenvalue weighted by Gasteiger charge is 2.14. The maximum Gasteiger partial charge on any atom is 0.177 e. The molecular weight excluding hydrogens is 381 g/mol. The number of benzene rings is 2. The molecule has 0 saturated carbocycles. The minimum Gasteiger partial charge on any atom is -1.00 e. The van der Waals surface area contributed by atoms with Crippen molar-refractivity contribution < 1.29 is 28.5 Å². The molecule has 0 radical (unpaired) electrons. The zero-order valence-electron chi connectivity index (χ0n) is 13.6. The lowest BCUT2D eigenvalue weighted by atomic mass is 9.86. The van der Waals surface area contributed by atoms with Crippen LogP contribution >= 0.6 is 0 Å². The SMILES string of the molecule is C[n+]1cc(-c2ccc(C(C)(C)C)cc2)c2ccccc2c1.[I-]. The largest absolute Gasteiger partial charge is 1.00 e. The summed E-state index contributed by atoms with van der Waals surface area (Å²) in [6.45, 7) is 6.75. The van der Waals surface area contributed by atoms with Crippen molar-refractivity contribution in [2.75, 3.05) is 0 Å². The number of rotatable bonds is 1. The van der Waals surface area contributed by atoms with E-state index < -0.39 is 0 Å². The van der Waals surface area contributed by atoms with Gasteiger partial charge in [0.15, 0.2) is 12.4 Å². The molecule has 0 spiro atoms. The molecule has 0 N–H and O–H groups in total. The fourth-order valence-corrected chi connectivity index (χ4v) is 2.76. The summed E-state index contributed by atoms with van der Waals surface area (Å²) < 4.78 is 2.13. The lowest BCUT2D eigenvalue weighted by molar-refractivity contribution is -0.669. The van der Waals surface area contributed by atoms with Crippen molar-refractivity contribution in [1.82, 2.24) is 0 Å². The van der Waals surface area contributed by atoms with Crippen molar-refractivity contribution in [3.63, 3.8) is 0 Å². The molecule has 0 aliphatic rings. The second-order valence-corrected chi connectivity index (χ2v) is 6.75. The first-order valence-electron chi connectivity index (χ1n) is 7.44. The summed E-state index contributed by atoms with van der Waals surface area (Å²) in [5.74, 6) is 0. The molecule has 0 atom stereocenters. The molecule has 3 rings (SSSR count). The van der Waals surface area contributed by atoms with Gasteiger partial charge in [0.25, 0.3) is 0 Å². The first kappa shape index (κ1) is 16.9. The lowest BCUT2D eigenvalue weighted by Crippen LogP contribution is -3.00. The first-order valence-corrected chi connectivity index (χ1v) is 7.44. The van der Waals surface area contributed by atoms with E-state index >= 15 is 0 Å². The summed E-state index contributed by atoms with van der Waals surface area (Å²) >= 11 is 0. The number of aromatic nitrogens is 1. The van der Waals surface area contributed by atoms with E-state index in [9.17, 15) is 0 Å². The fraction of sp³-hybridized carbons (Fsp3) is 0.250. The van der Waals surface area contributed by atoms with Crippen molar-refractivity contribution in [2.24, 2.45) is 7.05 Å². The van der Waals surface area contributed by atoms with E-state index in [0.29, 0.717) is 0 Å². The molecule has 1 nitrogen and oxygen atoms in total. The minimum absolute atomic E-state index is 0. The van der Waals surface area contributed by atoms with Gasteiger partial charge in [0.05, 0.1) is 5.56 Å². The van der Waals surface area contributed by atoms with Gasteiger partial charge in [0, 0.05) is 10.8 Å². The van der Waals surface area contributed by atoms with E-state index in [1.54, 1.807) is 0 Å². The van der Waals surface area contributed by atoms with E-state index in [1.165, 1.54) is 27.5 Å². The molecule has 0 amide bonds. The predicted octanol–water partition coefficient (Wildman–Crippen LogP) is 1.63. The van der Waals surface area contributed by atoms with Gasteiger partial charge in [-0.15, -0.1) is 0 Å².